The summed E-state index contributed by atoms with van der Waals surface area (Å²) in [6, 6.07) is 12.1. The molecule has 0 atom stereocenters. The Morgan fingerprint density at radius 2 is 1.88 bits per heavy atom. The Balaban J connectivity index is 1.84. The van der Waals surface area contributed by atoms with Gasteiger partial charge in [0.25, 0.3) is 5.91 Å². The van der Waals surface area contributed by atoms with Gasteiger partial charge in [-0.05, 0) is 24.3 Å². The van der Waals surface area contributed by atoms with E-state index < -0.39 is 23.2 Å². The van der Waals surface area contributed by atoms with Crippen LogP contribution in [0, 0.1) is 0 Å². The van der Waals surface area contributed by atoms with Crippen molar-refractivity contribution in [3.8, 4) is 11.3 Å². The van der Waals surface area contributed by atoms with E-state index in [1.54, 1.807) is 5.38 Å². The van der Waals surface area contributed by atoms with Crippen molar-refractivity contribution in [1.29, 1.82) is 0 Å². The van der Waals surface area contributed by atoms with Gasteiger partial charge in [-0.1, -0.05) is 40.2 Å². The summed E-state index contributed by atoms with van der Waals surface area (Å²) >= 11 is 4.51. The summed E-state index contributed by atoms with van der Waals surface area (Å²) in [7, 11) is 0. The van der Waals surface area contributed by atoms with Gasteiger partial charge in [0.1, 0.15) is 0 Å². The summed E-state index contributed by atoms with van der Waals surface area (Å²) in [5.41, 5.74) is 0.0537. The highest BCUT2D eigenvalue weighted by Gasteiger charge is 2.34. The number of halogens is 4. The molecule has 3 rings (SSSR count). The molecule has 1 aromatic heterocycles. The molecule has 0 bridgehead atoms. The molecular weight excluding hydrogens is 417 g/mol. The molecule has 8 heteroatoms. The van der Waals surface area contributed by atoms with E-state index in [2.05, 4.69) is 26.2 Å². The number of alkyl halides is 3. The van der Waals surface area contributed by atoms with Crippen molar-refractivity contribution < 1.29 is 18.0 Å². The number of hydrogen-bond acceptors (Lipinski definition) is 3. The predicted molar refractivity (Wildman–Crippen MR) is 94.6 cm³/mol. The van der Waals surface area contributed by atoms with E-state index in [0.717, 1.165) is 33.5 Å². The van der Waals surface area contributed by atoms with Crippen LogP contribution in [0.2, 0.25) is 0 Å². The number of amides is 1. The Morgan fingerprint density at radius 3 is 2.60 bits per heavy atom. The van der Waals surface area contributed by atoms with Crippen molar-refractivity contribution in [1.82, 2.24) is 4.98 Å². The van der Waals surface area contributed by atoms with Crippen LogP contribution in [0.5, 0.6) is 0 Å². The number of anilines is 1. The number of rotatable bonds is 3. The highest BCUT2D eigenvalue weighted by Crippen LogP contribution is 2.33. The molecule has 1 amide bonds. The topological polar surface area (TPSA) is 42.0 Å². The van der Waals surface area contributed by atoms with Gasteiger partial charge in [0.2, 0.25) is 0 Å². The number of aromatic nitrogens is 1. The molecule has 0 aliphatic heterocycles. The van der Waals surface area contributed by atoms with E-state index in [1.165, 1.54) is 12.1 Å². The van der Waals surface area contributed by atoms with Gasteiger partial charge < -0.3 is 0 Å². The van der Waals surface area contributed by atoms with Crippen molar-refractivity contribution in [2.24, 2.45) is 0 Å². The molecule has 0 radical (unpaired) electrons. The minimum Gasteiger partial charge on any atom is -0.298 e. The van der Waals surface area contributed by atoms with E-state index in [0.29, 0.717) is 5.69 Å². The Morgan fingerprint density at radius 1 is 1.12 bits per heavy atom. The van der Waals surface area contributed by atoms with Crippen molar-refractivity contribution in [3.63, 3.8) is 0 Å². The van der Waals surface area contributed by atoms with E-state index in [4.69, 9.17) is 0 Å². The van der Waals surface area contributed by atoms with Gasteiger partial charge >= 0.3 is 6.18 Å². The Kier molecular flexibility index (Phi) is 4.91. The van der Waals surface area contributed by atoms with Crippen LogP contribution in [-0.4, -0.2) is 10.9 Å². The van der Waals surface area contributed by atoms with Gasteiger partial charge in [0.15, 0.2) is 5.13 Å². The standard InChI is InChI=1S/C17H10BrF3N2OS/c18-11-5-3-4-10(8-11)14-9-25-16(22-14)23-15(24)12-6-1-2-7-13(12)17(19,20)21/h1-9H,(H,22,23,24). The number of carbonyl (C=O) groups is 1. The van der Waals surface area contributed by atoms with Crippen molar-refractivity contribution in [2.75, 3.05) is 5.32 Å². The fourth-order valence-corrected chi connectivity index (χ4v) is 3.32. The quantitative estimate of drug-likeness (QED) is 0.571. The van der Waals surface area contributed by atoms with Gasteiger partial charge in [0.05, 0.1) is 16.8 Å². The molecule has 0 fully saturated rings. The number of nitrogens with one attached hydrogen (secondary N) is 1. The van der Waals surface area contributed by atoms with Gasteiger partial charge in [0, 0.05) is 15.4 Å². The lowest BCUT2D eigenvalue weighted by atomic mass is 10.1. The van der Waals surface area contributed by atoms with Crippen LogP contribution in [0.25, 0.3) is 11.3 Å². The van der Waals surface area contributed by atoms with Gasteiger partial charge in [-0.2, -0.15) is 13.2 Å². The molecule has 0 unspecified atom stereocenters. The highest BCUT2D eigenvalue weighted by molar-refractivity contribution is 9.10. The molecule has 3 aromatic rings. The van der Waals surface area contributed by atoms with E-state index in [-0.39, 0.29) is 5.13 Å². The van der Waals surface area contributed by atoms with E-state index >= 15 is 0 Å². The first-order chi connectivity index (χ1) is 11.8. The number of benzene rings is 2. The zero-order valence-electron chi connectivity index (χ0n) is 12.5. The minimum atomic E-state index is -4.60. The number of carbonyl (C=O) groups excluding carboxylic acids is 1. The lowest BCUT2D eigenvalue weighted by Gasteiger charge is -2.11. The summed E-state index contributed by atoms with van der Waals surface area (Å²) in [6.45, 7) is 0. The van der Waals surface area contributed by atoms with Crippen molar-refractivity contribution in [3.05, 3.63) is 69.5 Å². The maximum absolute atomic E-state index is 13.0. The monoisotopic (exact) mass is 426 g/mol. The van der Waals surface area contributed by atoms with Crippen LogP contribution < -0.4 is 5.32 Å². The SMILES string of the molecule is O=C(Nc1nc(-c2cccc(Br)c2)cs1)c1ccccc1C(F)(F)F. The summed E-state index contributed by atoms with van der Waals surface area (Å²) in [6.07, 6.45) is -4.60. The summed E-state index contributed by atoms with van der Waals surface area (Å²) in [4.78, 5) is 16.5. The molecule has 1 N–H and O–H groups in total. The van der Waals surface area contributed by atoms with Gasteiger partial charge in [-0.15, -0.1) is 11.3 Å². The molecule has 128 valence electrons. The lowest BCUT2D eigenvalue weighted by molar-refractivity contribution is -0.137. The molecule has 1 heterocycles. The average Bonchev–Trinajstić information content (AvgIpc) is 3.02. The number of nitrogens with zero attached hydrogens (tertiary/aromatic N) is 1. The molecule has 25 heavy (non-hydrogen) atoms. The molecule has 2 aromatic carbocycles. The smallest absolute Gasteiger partial charge is 0.298 e. The molecule has 0 saturated carbocycles. The number of hydrogen-bond donors (Lipinski definition) is 1. The average molecular weight is 427 g/mol. The van der Waals surface area contributed by atoms with Crippen LogP contribution in [-0.2, 0) is 6.18 Å². The van der Waals surface area contributed by atoms with Crippen molar-refractivity contribution in [2.45, 2.75) is 6.18 Å². The first-order valence-electron chi connectivity index (χ1n) is 7.03. The summed E-state index contributed by atoms with van der Waals surface area (Å²) in [5, 5.41) is 4.39. The zero-order valence-corrected chi connectivity index (χ0v) is 14.9. The van der Waals surface area contributed by atoms with Gasteiger partial charge in [-0.25, -0.2) is 4.98 Å². The van der Waals surface area contributed by atoms with Crippen LogP contribution in [0.3, 0.4) is 0 Å². The minimum absolute atomic E-state index is 0.233. The Hall–Kier alpha value is -2.19. The third-order valence-corrected chi connectivity index (χ3v) is 4.57. The molecule has 0 aliphatic rings. The summed E-state index contributed by atoms with van der Waals surface area (Å²) < 4.78 is 39.9. The Bertz CT molecular complexity index is 924. The largest absolute Gasteiger partial charge is 0.417 e. The zero-order chi connectivity index (χ0) is 18.0. The maximum atomic E-state index is 13.0. The van der Waals surface area contributed by atoms with Crippen LogP contribution in [0.15, 0.2) is 58.4 Å². The van der Waals surface area contributed by atoms with E-state index in [9.17, 15) is 18.0 Å². The fourth-order valence-electron chi connectivity index (χ4n) is 2.20. The molecular formula is C17H10BrF3N2OS. The van der Waals surface area contributed by atoms with Crippen LogP contribution in [0.1, 0.15) is 15.9 Å². The third-order valence-electron chi connectivity index (χ3n) is 3.32. The van der Waals surface area contributed by atoms with E-state index in [1.807, 2.05) is 24.3 Å². The molecule has 0 saturated heterocycles. The first-order valence-corrected chi connectivity index (χ1v) is 8.71. The fraction of sp³-hybridized carbons (Fsp3) is 0.0588. The molecule has 0 aliphatic carbocycles. The Labute approximate surface area is 153 Å². The van der Waals surface area contributed by atoms with Crippen LogP contribution >= 0.6 is 27.3 Å². The highest BCUT2D eigenvalue weighted by atomic mass is 79.9. The van der Waals surface area contributed by atoms with Crippen molar-refractivity contribution >= 4 is 38.3 Å². The molecule has 3 nitrogen and oxygen atoms in total. The second-order valence-corrected chi connectivity index (χ2v) is 6.82. The second-order valence-electron chi connectivity index (χ2n) is 5.05. The first kappa shape index (κ1) is 17.6. The van der Waals surface area contributed by atoms with Gasteiger partial charge in [-0.3, -0.25) is 10.1 Å². The lowest BCUT2D eigenvalue weighted by Crippen LogP contribution is -2.18. The predicted octanol–water partition coefficient (Wildman–Crippen LogP) is 5.84. The van der Waals surface area contributed by atoms with Crippen LogP contribution in [0.4, 0.5) is 18.3 Å². The normalized spacial score (nSPS) is 11.4. The second kappa shape index (κ2) is 6.97. The maximum Gasteiger partial charge on any atom is 0.417 e. The number of thiazole rings is 1. The summed E-state index contributed by atoms with van der Waals surface area (Å²) in [5.74, 6) is -0.844. The molecule has 0 spiro atoms. The third kappa shape index (κ3) is 4.08.